The smallest absolute Gasteiger partial charge is 0.340 e. The van der Waals surface area contributed by atoms with Crippen LogP contribution >= 0.6 is 11.6 Å². The highest BCUT2D eigenvalue weighted by Crippen LogP contribution is 2.40. The molecule has 4 nitrogen and oxygen atoms in total. The van der Waals surface area contributed by atoms with Gasteiger partial charge in [-0.3, -0.25) is 0 Å². The van der Waals surface area contributed by atoms with Crippen LogP contribution in [0.25, 0.3) is 10.9 Å². The zero-order valence-electron chi connectivity index (χ0n) is 15.3. The summed E-state index contributed by atoms with van der Waals surface area (Å²) in [5.41, 5.74) is 2.69. The molecule has 25 heavy (non-hydrogen) atoms. The molecule has 2 bridgehead atoms. The van der Waals surface area contributed by atoms with Crippen molar-refractivity contribution < 1.29 is 9.53 Å². The van der Waals surface area contributed by atoms with Crippen molar-refractivity contribution in [3.8, 4) is 0 Å². The van der Waals surface area contributed by atoms with E-state index >= 15 is 0 Å². The van der Waals surface area contributed by atoms with Gasteiger partial charge < -0.3 is 14.6 Å². The fraction of sp³-hybridized carbons (Fsp3) is 0.550. The second kappa shape index (κ2) is 7.38. The van der Waals surface area contributed by atoms with E-state index in [1.54, 1.807) is 6.20 Å². The average molecular weight is 363 g/mol. The molecule has 3 saturated heterocycles. The minimum absolute atomic E-state index is 0.199. The number of nitrogens with zero attached hydrogens (tertiary/aromatic N) is 1. The lowest BCUT2D eigenvalue weighted by atomic mass is 9.73. The molecule has 0 unspecified atom stereocenters. The highest BCUT2D eigenvalue weighted by Gasteiger charge is 2.40. The number of H-pyrrole nitrogens is 1. The molecule has 3 aliphatic rings. The minimum Gasteiger partial charge on any atom is -0.461 e. The summed E-state index contributed by atoms with van der Waals surface area (Å²) in [6, 6.07) is 3.81. The van der Waals surface area contributed by atoms with Gasteiger partial charge in [-0.1, -0.05) is 25.4 Å². The van der Waals surface area contributed by atoms with Crippen LogP contribution in [0.4, 0.5) is 0 Å². The second-order valence-corrected chi connectivity index (χ2v) is 7.42. The molecule has 5 heteroatoms. The maximum absolute atomic E-state index is 12.5. The summed E-state index contributed by atoms with van der Waals surface area (Å²) in [7, 11) is 0. The number of esters is 1. The van der Waals surface area contributed by atoms with Gasteiger partial charge in [0.25, 0.3) is 0 Å². The van der Waals surface area contributed by atoms with E-state index in [9.17, 15) is 4.79 Å². The molecule has 136 valence electrons. The van der Waals surface area contributed by atoms with Crippen molar-refractivity contribution in [3.63, 3.8) is 0 Å². The van der Waals surface area contributed by atoms with E-state index in [0.29, 0.717) is 17.2 Å². The van der Waals surface area contributed by atoms with Crippen LogP contribution in [0.3, 0.4) is 0 Å². The fourth-order valence-electron chi connectivity index (χ4n) is 3.83. The van der Waals surface area contributed by atoms with Gasteiger partial charge in [0, 0.05) is 27.5 Å². The first-order chi connectivity index (χ1) is 12.1. The third-order valence-corrected chi connectivity index (χ3v) is 5.97. The average Bonchev–Trinajstić information content (AvgIpc) is 3.06. The number of hydrogen-bond donors (Lipinski definition) is 1. The monoisotopic (exact) mass is 362 g/mol. The molecule has 0 saturated carbocycles. The quantitative estimate of drug-likeness (QED) is 0.798. The van der Waals surface area contributed by atoms with Crippen molar-refractivity contribution >= 4 is 28.5 Å². The molecular weight excluding hydrogens is 336 g/mol. The van der Waals surface area contributed by atoms with E-state index < -0.39 is 0 Å². The van der Waals surface area contributed by atoms with Crippen LogP contribution in [-0.2, 0) is 4.74 Å². The van der Waals surface area contributed by atoms with E-state index in [1.807, 2.05) is 32.9 Å². The van der Waals surface area contributed by atoms with Gasteiger partial charge in [0.1, 0.15) is 0 Å². The van der Waals surface area contributed by atoms with Crippen LogP contribution < -0.4 is 0 Å². The van der Waals surface area contributed by atoms with Crippen LogP contribution in [0.15, 0.2) is 18.3 Å². The molecule has 0 aliphatic carbocycles. The van der Waals surface area contributed by atoms with Gasteiger partial charge in [0.15, 0.2) is 0 Å². The lowest BCUT2D eigenvalue weighted by Gasteiger charge is -2.47. The van der Waals surface area contributed by atoms with Gasteiger partial charge in [-0.2, -0.15) is 0 Å². The fourth-order valence-corrected chi connectivity index (χ4v) is 3.99. The van der Waals surface area contributed by atoms with Gasteiger partial charge in [0.2, 0.25) is 0 Å². The highest BCUT2D eigenvalue weighted by molar-refractivity contribution is 6.32. The Morgan fingerprint density at radius 2 is 1.88 bits per heavy atom. The standard InChI is InChI=1S/C18H21ClN2O2.C2H6/c1-12-8-16-13(9-15(12)19)14(10-20-16)17(22)23-11-18-2-5-21(6-3-18)7-4-18;1-2/h8-10,20H,2-7,11H2,1H3;1-2H3. The molecule has 2 aromatic rings. The van der Waals surface area contributed by atoms with Crippen molar-refractivity contribution in [1.29, 1.82) is 0 Å². The Morgan fingerprint density at radius 1 is 1.24 bits per heavy atom. The normalized spacial score (nSPS) is 24.7. The Kier molecular flexibility index (Phi) is 5.40. The molecule has 0 amide bonds. The Bertz CT molecular complexity index is 747. The van der Waals surface area contributed by atoms with E-state index in [1.165, 1.54) is 0 Å². The summed E-state index contributed by atoms with van der Waals surface area (Å²) in [4.78, 5) is 18.2. The zero-order valence-corrected chi connectivity index (χ0v) is 16.1. The van der Waals surface area contributed by atoms with Crippen molar-refractivity contribution in [3.05, 3.63) is 34.5 Å². The Hall–Kier alpha value is -1.52. The molecule has 1 N–H and O–H groups in total. The van der Waals surface area contributed by atoms with E-state index in [0.717, 1.165) is 55.4 Å². The van der Waals surface area contributed by atoms with E-state index in [-0.39, 0.29) is 11.4 Å². The number of aromatic nitrogens is 1. The first-order valence-corrected chi connectivity index (χ1v) is 9.61. The number of benzene rings is 1. The van der Waals surface area contributed by atoms with Crippen LogP contribution in [0.5, 0.6) is 0 Å². The van der Waals surface area contributed by atoms with E-state index in [4.69, 9.17) is 16.3 Å². The molecule has 0 spiro atoms. The maximum Gasteiger partial charge on any atom is 0.340 e. The number of hydrogen-bond acceptors (Lipinski definition) is 3. The van der Waals surface area contributed by atoms with Gasteiger partial charge in [-0.25, -0.2) is 4.79 Å². The van der Waals surface area contributed by atoms with Gasteiger partial charge >= 0.3 is 5.97 Å². The number of nitrogens with one attached hydrogen (secondary N) is 1. The number of rotatable bonds is 3. The number of ether oxygens (including phenoxy) is 1. The SMILES string of the molecule is CC.Cc1cc2[nH]cc(C(=O)OCC34CCN(CC3)CC4)c2cc1Cl. The Morgan fingerprint density at radius 3 is 2.52 bits per heavy atom. The largest absolute Gasteiger partial charge is 0.461 e. The van der Waals surface area contributed by atoms with Gasteiger partial charge in [-0.05, 0) is 63.5 Å². The predicted molar refractivity (Wildman–Crippen MR) is 102 cm³/mol. The molecule has 0 atom stereocenters. The summed E-state index contributed by atoms with van der Waals surface area (Å²) >= 11 is 6.20. The first kappa shape index (κ1) is 18.3. The lowest BCUT2D eigenvalue weighted by molar-refractivity contribution is -0.0304. The van der Waals surface area contributed by atoms with Crippen molar-refractivity contribution in [2.75, 3.05) is 26.2 Å². The summed E-state index contributed by atoms with van der Waals surface area (Å²) in [5, 5.41) is 1.51. The Labute approximate surface area is 154 Å². The highest BCUT2D eigenvalue weighted by atomic mass is 35.5. The molecule has 1 aromatic carbocycles. The summed E-state index contributed by atoms with van der Waals surface area (Å²) in [6.07, 6.45) is 5.14. The number of halogens is 1. The van der Waals surface area contributed by atoms with Gasteiger partial charge in [-0.15, -0.1) is 0 Å². The number of piperidine rings is 3. The van der Waals surface area contributed by atoms with Crippen LogP contribution in [0.2, 0.25) is 5.02 Å². The number of fused-ring (bicyclic) bond motifs is 4. The molecule has 3 aliphatic heterocycles. The lowest BCUT2D eigenvalue weighted by Crippen LogP contribution is -2.50. The van der Waals surface area contributed by atoms with Crippen LogP contribution in [-0.4, -0.2) is 42.1 Å². The molecule has 1 aromatic heterocycles. The maximum atomic E-state index is 12.5. The topological polar surface area (TPSA) is 45.3 Å². The second-order valence-electron chi connectivity index (χ2n) is 7.02. The summed E-state index contributed by atoms with van der Waals surface area (Å²) < 4.78 is 5.70. The number of aromatic amines is 1. The predicted octanol–water partition coefficient (Wildman–Crippen LogP) is 4.80. The molecular formula is C20H27ClN2O2. The minimum atomic E-state index is -0.251. The summed E-state index contributed by atoms with van der Waals surface area (Å²) in [6.45, 7) is 9.90. The van der Waals surface area contributed by atoms with Crippen molar-refractivity contribution in [2.24, 2.45) is 5.41 Å². The van der Waals surface area contributed by atoms with Crippen LogP contribution in [0.1, 0.15) is 49.0 Å². The summed E-state index contributed by atoms with van der Waals surface area (Å²) in [5.74, 6) is -0.251. The molecule has 3 fully saturated rings. The van der Waals surface area contributed by atoms with Crippen molar-refractivity contribution in [2.45, 2.75) is 40.0 Å². The zero-order chi connectivity index (χ0) is 18.0. The number of aryl methyl sites for hydroxylation is 1. The molecule has 4 heterocycles. The molecule has 0 radical (unpaired) electrons. The van der Waals surface area contributed by atoms with Crippen molar-refractivity contribution in [1.82, 2.24) is 9.88 Å². The third kappa shape index (κ3) is 3.56. The Balaban J connectivity index is 0.000000880. The number of carbonyl (C=O) groups excluding carboxylic acids is 1. The first-order valence-electron chi connectivity index (χ1n) is 9.23. The third-order valence-electron chi connectivity index (χ3n) is 5.57. The molecule has 5 rings (SSSR count). The number of carbonyl (C=O) groups is 1. The van der Waals surface area contributed by atoms with E-state index in [2.05, 4.69) is 9.88 Å². The van der Waals surface area contributed by atoms with Gasteiger partial charge in [0.05, 0.1) is 12.2 Å². The van der Waals surface area contributed by atoms with Crippen LogP contribution in [0, 0.1) is 12.3 Å².